The van der Waals surface area contributed by atoms with Gasteiger partial charge in [-0.15, -0.1) is 0 Å². The summed E-state index contributed by atoms with van der Waals surface area (Å²) in [5, 5.41) is 2.98. The first-order valence-electron chi connectivity index (χ1n) is 7.24. The third-order valence-corrected chi connectivity index (χ3v) is 4.81. The summed E-state index contributed by atoms with van der Waals surface area (Å²) >= 11 is 0. The number of Topliss-reactive ketones (excluding diaryl/α,β-unsaturated/α-hetero) is 1. The van der Waals surface area contributed by atoms with Gasteiger partial charge in [0.25, 0.3) is 0 Å². The van der Waals surface area contributed by atoms with E-state index in [4.69, 9.17) is 0 Å². The first-order valence-corrected chi connectivity index (χ1v) is 9.13. The van der Waals surface area contributed by atoms with Crippen LogP contribution in [0.3, 0.4) is 0 Å². The predicted octanol–water partition coefficient (Wildman–Crippen LogP) is 1.87. The van der Waals surface area contributed by atoms with Crippen LogP contribution in [-0.2, 0) is 21.1 Å². The zero-order valence-corrected chi connectivity index (χ0v) is 14.2. The van der Waals surface area contributed by atoms with Gasteiger partial charge >= 0.3 is 0 Å². The Hall–Kier alpha value is -2.05. The molecule has 1 heterocycles. The van der Waals surface area contributed by atoms with Crippen LogP contribution in [0.1, 0.15) is 12.5 Å². The molecule has 0 unspecified atom stereocenters. The van der Waals surface area contributed by atoms with Crippen LogP contribution < -0.4 is 5.32 Å². The molecule has 1 atom stereocenters. The summed E-state index contributed by atoms with van der Waals surface area (Å²) in [6.45, 7) is 1.56. The van der Waals surface area contributed by atoms with Crippen LogP contribution in [0, 0.1) is 0 Å². The van der Waals surface area contributed by atoms with Crippen molar-refractivity contribution in [3.8, 4) is 11.3 Å². The Morgan fingerprint density at radius 3 is 2.26 bits per heavy atom. The van der Waals surface area contributed by atoms with Crippen molar-refractivity contribution < 1.29 is 13.2 Å². The van der Waals surface area contributed by atoms with Crippen LogP contribution in [0.25, 0.3) is 11.3 Å². The SMILES string of the molecule is CN[C@@H](Cc1ccc(-c2ccc(S(C)(=O)=O)cc2)nc1)C(C)=O. The fourth-order valence-corrected chi connectivity index (χ4v) is 2.90. The monoisotopic (exact) mass is 332 g/mol. The molecule has 122 valence electrons. The van der Waals surface area contributed by atoms with Crippen molar-refractivity contribution in [2.24, 2.45) is 0 Å². The van der Waals surface area contributed by atoms with Gasteiger partial charge in [-0.3, -0.25) is 9.78 Å². The number of nitrogens with one attached hydrogen (secondary N) is 1. The van der Waals surface area contributed by atoms with Crippen molar-refractivity contribution in [2.45, 2.75) is 24.3 Å². The first kappa shape index (κ1) is 17.3. The van der Waals surface area contributed by atoms with Crippen molar-refractivity contribution in [1.82, 2.24) is 10.3 Å². The third-order valence-electron chi connectivity index (χ3n) is 3.68. The number of ketones is 1. The fourth-order valence-electron chi connectivity index (χ4n) is 2.27. The number of benzene rings is 1. The summed E-state index contributed by atoms with van der Waals surface area (Å²) in [6, 6.07) is 10.2. The third kappa shape index (κ3) is 4.46. The van der Waals surface area contributed by atoms with E-state index in [1.807, 2.05) is 12.1 Å². The van der Waals surface area contributed by atoms with E-state index in [9.17, 15) is 13.2 Å². The molecule has 1 N–H and O–H groups in total. The molecule has 1 aromatic heterocycles. The number of likely N-dealkylation sites (N-methyl/N-ethyl adjacent to an activating group) is 1. The van der Waals surface area contributed by atoms with Crippen molar-refractivity contribution in [3.05, 3.63) is 48.2 Å². The summed E-state index contributed by atoms with van der Waals surface area (Å²) in [7, 11) is -1.43. The van der Waals surface area contributed by atoms with Crippen LogP contribution in [0.15, 0.2) is 47.5 Å². The minimum atomic E-state index is -3.19. The van der Waals surface area contributed by atoms with Crippen molar-refractivity contribution in [3.63, 3.8) is 0 Å². The summed E-state index contributed by atoms with van der Waals surface area (Å²) in [5.74, 6) is 0.0907. The lowest BCUT2D eigenvalue weighted by Crippen LogP contribution is -2.34. The number of aromatic nitrogens is 1. The molecule has 2 aromatic rings. The maximum Gasteiger partial charge on any atom is 0.175 e. The number of hydrogen-bond donors (Lipinski definition) is 1. The van der Waals surface area contributed by atoms with Crippen molar-refractivity contribution >= 4 is 15.6 Å². The number of carbonyl (C=O) groups is 1. The number of sulfone groups is 1. The second-order valence-corrected chi connectivity index (χ2v) is 7.52. The molecule has 0 saturated heterocycles. The van der Waals surface area contributed by atoms with Gasteiger partial charge in [0.05, 0.1) is 16.6 Å². The molecule has 0 spiro atoms. The van der Waals surface area contributed by atoms with E-state index in [2.05, 4.69) is 10.3 Å². The predicted molar refractivity (Wildman–Crippen MR) is 90.0 cm³/mol. The van der Waals surface area contributed by atoms with E-state index in [1.54, 1.807) is 44.4 Å². The zero-order chi connectivity index (χ0) is 17.0. The molecule has 0 aliphatic rings. The molecule has 6 heteroatoms. The molecule has 5 nitrogen and oxygen atoms in total. The average Bonchev–Trinajstić information content (AvgIpc) is 2.52. The van der Waals surface area contributed by atoms with Gasteiger partial charge in [0.15, 0.2) is 9.84 Å². The van der Waals surface area contributed by atoms with Gasteiger partial charge in [-0.1, -0.05) is 18.2 Å². The number of rotatable bonds is 6. The van der Waals surface area contributed by atoms with E-state index in [-0.39, 0.29) is 16.7 Å². The van der Waals surface area contributed by atoms with Crippen LogP contribution in [0.5, 0.6) is 0 Å². The number of pyridine rings is 1. The van der Waals surface area contributed by atoms with Gasteiger partial charge in [-0.2, -0.15) is 0 Å². The molecule has 2 rings (SSSR count). The topological polar surface area (TPSA) is 76.1 Å². The molecule has 1 aromatic carbocycles. The molecule has 0 amide bonds. The quantitative estimate of drug-likeness (QED) is 0.874. The molecule has 0 saturated carbocycles. The van der Waals surface area contributed by atoms with Crippen LogP contribution in [0.2, 0.25) is 0 Å². The lowest BCUT2D eigenvalue weighted by Gasteiger charge is -2.12. The molecule has 0 aliphatic carbocycles. The summed E-state index contributed by atoms with van der Waals surface area (Å²) in [6.07, 6.45) is 3.52. The highest BCUT2D eigenvalue weighted by Crippen LogP contribution is 2.20. The van der Waals surface area contributed by atoms with E-state index in [1.165, 1.54) is 6.26 Å². The van der Waals surface area contributed by atoms with Gasteiger partial charge < -0.3 is 5.32 Å². The fraction of sp³-hybridized carbons (Fsp3) is 0.294. The van der Waals surface area contributed by atoms with Crippen LogP contribution >= 0.6 is 0 Å². The highest BCUT2D eigenvalue weighted by atomic mass is 32.2. The average molecular weight is 332 g/mol. The second kappa shape index (κ2) is 7.02. The Balaban J connectivity index is 2.18. The van der Waals surface area contributed by atoms with E-state index in [0.717, 1.165) is 16.8 Å². The maximum absolute atomic E-state index is 11.5. The minimum absolute atomic E-state index is 0.0907. The Morgan fingerprint density at radius 1 is 1.17 bits per heavy atom. The Kier molecular flexibility index (Phi) is 5.28. The van der Waals surface area contributed by atoms with Gasteiger partial charge in [0.2, 0.25) is 0 Å². The Labute approximate surface area is 136 Å². The molecule has 0 bridgehead atoms. The van der Waals surface area contributed by atoms with Crippen molar-refractivity contribution in [2.75, 3.05) is 13.3 Å². The minimum Gasteiger partial charge on any atom is -0.310 e. The second-order valence-electron chi connectivity index (χ2n) is 5.50. The Morgan fingerprint density at radius 2 is 1.83 bits per heavy atom. The Bertz CT molecular complexity index is 782. The van der Waals surface area contributed by atoms with E-state index < -0.39 is 9.84 Å². The lowest BCUT2D eigenvalue weighted by atomic mass is 10.0. The standard InChI is InChI=1S/C17H20N2O3S/c1-12(20)17(18-2)10-13-4-9-16(19-11-13)14-5-7-15(8-6-14)23(3,21)22/h4-9,11,17-18H,10H2,1-3H3/t17-/m0/s1. The number of hydrogen-bond acceptors (Lipinski definition) is 5. The normalized spacial score (nSPS) is 12.8. The van der Waals surface area contributed by atoms with E-state index in [0.29, 0.717) is 6.42 Å². The molecule has 23 heavy (non-hydrogen) atoms. The zero-order valence-electron chi connectivity index (χ0n) is 13.4. The van der Waals surface area contributed by atoms with Gasteiger partial charge in [0, 0.05) is 18.0 Å². The van der Waals surface area contributed by atoms with Gasteiger partial charge in [-0.05, 0) is 44.2 Å². The smallest absolute Gasteiger partial charge is 0.175 e. The number of nitrogens with zero attached hydrogens (tertiary/aromatic N) is 1. The van der Waals surface area contributed by atoms with Gasteiger partial charge in [-0.25, -0.2) is 8.42 Å². The van der Waals surface area contributed by atoms with Crippen LogP contribution in [-0.4, -0.2) is 38.5 Å². The molecule has 0 fully saturated rings. The highest BCUT2D eigenvalue weighted by molar-refractivity contribution is 7.90. The largest absolute Gasteiger partial charge is 0.310 e. The summed E-state index contributed by atoms with van der Waals surface area (Å²) in [4.78, 5) is 16.1. The van der Waals surface area contributed by atoms with E-state index >= 15 is 0 Å². The maximum atomic E-state index is 11.5. The lowest BCUT2D eigenvalue weighted by molar-refractivity contribution is -0.118. The highest BCUT2D eigenvalue weighted by Gasteiger charge is 2.12. The number of carbonyl (C=O) groups excluding carboxylic acids is 1. The van der Waals surface area contributed by atoms with Gasteiger partial charge in [0.1, 0.15) is 5.78 Å². The molecule has 0 radical (unpaired) electrons. The molecule has 0 aliphatic heterocycles. The summed E-state index contributed by atoms with van der Waals surface area (Å²) in [5.41, 5.74) is 2.58. The van der Waals surface area contributed by atoms with Crippen molar-refractivity contribution in [1.29, 1.82) is 0 Å². The summed E-state index contributed by atoms with van der Waals surface area (Å²) < 4.78 is 22.9. The first-order chi connectivity index (χ1) is 10.8. The molecular formula is C17H20N2O3S. The van der Waals surface area contributed by atoms with Crippen LogP contribution in [0.4, 0.5) is 0 Å². The molecular weight excluding hydrogens is 312 g/mol.